The molecule has 102 valence electrons. The number of carboxylic acids is 1. The van der Waals surface area contributed by atoms with E-state index in [1.807, 2.05) is 0 Å². The number of nitrogens with one attached hydrogen (secondary N) is 2. The molecule has 1 aliphatic heterocycles. The van der Waals surface area contributed by atoms with Crippen molar-refractivity contribution in [1.29, 1.82) is 0 Å². The van der Waals surface area contributed by atoms with E-state index in [-0.39, 0.29) is 18.5 Å². The van der Waals surface area contributed by atoms with E-state index in [1.165, 1.54) is 0 Å². The van der Waals surface area contributed by atoms with Gasteiger partial charge in [-0.05, 0) is 38.1 Å². The van der Waals surface area contributed by atoms with Gasteiger partial charge in [-0.15, -0.1) is 0 Å². The van der Waals surface area contributed by atoms with Crippen LogP contribution >= 0.6 is 0 Å². The number of hydrogen-bond acceptors (Lipinski definition) is 3. The zero-order chi connectivity index (χ0) is 13.2. The Labute approximate surface area is 107 Å². The van der Waals surface area contributed by atoms with Gasteiger partial charge in [0, 0.05) is 6.54 Å². The SMILES string of the molecule is CC1CCNC(C(=O)NCC2(C(=O)O)CCC2)C1. The fraction of sp³-hybridized carbons (Fsp3) is 0.846. The summed E-state index contributed by atoms with van der Waals surface area (Å²) in [5.74, 6) is -0.271. The molecule has 0 bridgehead atoms. The lowest BCUT2D eigenvalue weighted by atomic mass is 9.69. The Balaban J connectivity index is 1.82. The summed E-state index contributed by atoms with van der Waals surface area (Å²) in [5, 5.41) is 15.2. The van der Waals surface area contributed by atoms with E-state index in [0.29, 0.717) is 18.8 Å². The van der Waals surface area contributed by atoms with Gasteiger partial charge < -0.3 is 15.7 Å². The Morgan fingerprint density at radius 2 is 2.17 bits per heavy atom. The summed E-state index contributed by atoms with van der Waals surface area (Å²) in [6.45, 7) is 3.28. The number of piperidine rings is 1. The quantitative estimate of drug-likeness (QED) is 0.691. The molecule has 1 amide bonds. The van der Waals surface area contributed by atoms with Crippen molar-refractivity contribution >= 4 is 11.9 Å². The van der Waals surface area contributed by atoms with Gasteiger partial charge in [-0.25, -0.2) is 0 Å². The number of carboxylic acid groups (broad SMARTS) is 1. The summed E-state index contributed by atoms with van der Waals surface area (Å²) >= 11 is 0. The molecular formula is C13H22N2O3. The van der Waals surface area contributed by atoms with Gasteiger partial charge in [-0.2, -0.15) is 0 Å². The second-order valence-electron chi connectivity index (χ2n) is 5.79. The van der Waals surface area contributed by atoms with Gasteiger partial charge >= 0.3 is 5.97 Å². The molecule has 0 radical (unpaired) electrons. The van der Waals surface area contributed by atoms with Gasteiger partial charge in [-0.1, -0.05) is 13.3 Å². The van der Waals surface area contributed by atoms with Crippen LogP contribution in [0.2, 0.25) is 0 Å². The van der Waals surface area contributed by atoms with Crippen molar-refractivity contribution in [3.05, 3.63) is 0 Å². The number of rotatable bonds is 4. The lowest BCUT2D eigenvalue weighted by Crippen LogP contribution is -2.53. The topological polar surface area (TPSA) is 78.4 Å². The minimum atomic E-state index is -0.779. The van der Waals surface area contributed by atoms with Crippen LogP contribution in [-0.4, -0.2) is 36.1 Å². The van der Waals surface area contributed by atoms with Crippen LogP contribution in [0.3, 0.4) is 0 Å². The monoisotopic (exact) mass is 254 g/mol. The number of aliphatic carboxylic acids is 1. The van der Waals surface area contributed by atoms with Gasteiger partial charge in [0.1, 0.15) is 0 Å². The molecule has 2 rings (SSSR count). The first-order valence-corrected chi connectivity index (χ1v) is 6.78. The fourth-order valence-electron chi connectivity index (χ4n) is 2.76. The third-order valence-electron chi connectivity index (χ3n) is 4.35. The molecule has 0 aromatic heterocycles. The molecular weight excluding hydrogens is 232 g/mol. The lowest BCUT2D eigenvalue weighted by molar-refractivity contribution is -0.154. The predicted octanol–water partition coefficient (Wildman–Crippen LogP) is 0.746. The molecule has 3 N–H and O–H groups in total. The summed E-state index contributed by atoms with van der Waals surface area (Å²) in [5.41, 5.74) is -0.698. The van der Waals surface area contributed by atoms with Crippen LogP contribution < -0.4 is 10.6 Å². The lowest BCUT2D eigenvalue weighted by Gasteiger charge is -2.38. The van der Waals surface area contributed by atoms with Crippen molar-refractivity contribution in [1.82, 2.24) is 10.6 Å². The van der Waals surface area contributed by atoms with E-state index in [4.69, 9.17) is 0 Å². The number of hydrogen-bond donors (Lipinski definition) is 3. The zero-order valence-electron chi connectivity index (χ0n) is 10.9. The molecule has 1 aliphatic carbocycles. The van der Waals surface area contributed by atoms with Crippen molar-refractivity contribution in [3.63, 3.8) is 0 Å². The maximum atomic E-state index is 12.0. The van der Waals surface area contributed by atoms with E-state index < -0.39 is 11.4 Å². The number of carbonyl (C=O) groups excluding carboxylic acids is 1. The van der Waals surface area contributed by atoms with E-state index in [2.05, 4.69) is 17.6 Å². The van der Waals surface area contributed by atoms with Crippen molar-refractivity contribution < 1.29 is 14.7 Å². The van der Waals surface area contributed by atoms with Gasteiger partial charge in [0.2, 0.25) is 5.91 Å². The highest BCUT2D eigenvalue weighted by molar-refractivity contribution is 5.83. The van der Waals surface area contributed by atoms with Crippen LogP contribution in [0, 0.1) is 11.3 Å². The molecule has 2 fully saturated rings. The second-order valence-corrected chi connectivity index (χ2v) is 5.79. The molecule has 2 aliphatic rings. The highest BCUT2D eigenvalue weighted by Crippen LogP contribution is 2.40. The first kappa shape index (κ1) is 13.3. The smallest absolute Gasteiger partial charge is 0.311 e. The predicted molar refractivity (Wildman–Crippen MR) is 67.1 cm³/mol. The zero-order valence-corrected chi connectivity index (χ0v) is 10.9. The van der Waals surface area contributed by atoms with E-state index in [0.717, 1.165) is 25.8 Å². The number of amides is 1. The van der Waals surface area contributed by atoms with Crippen molar-refractivity contribution in [2.45, 2.75) is 45.1 Å². The minimum Gasteiger partial charge on any atom is -0.481 e. The fourth-order valence-corrected chi connectivity index (χ4v) is 2.76. The van der Waals surface area contributed by atoms with Crippen molar-refractivity contribution in [2.24, 2.45) is 11.3 Å². The third kappa shape index (κ3) is 2.66. The molecule has 2 unspecified atom stereocenters. The van der Waals surface area contributed by atoms with Crippen LogP contribution in [0.25, 0.3) is 0 Å². The maximum absolute atomic E-state index is 12.0. The average Bonchev–Trinajstić information content (AvgIpc) is 2.26. The Morgan fingerprint density at radius 1 is 1.44 bits per heavy atom. The summed E-state index contributed by atoms with van der Waals surface area (Å²) in [6.07, 6.45) is 4.24. The average molecular weight is 254 g/mol. The molecule has 2 atom stereocenters. The van der Waals surface area contributed by atoms with Crippen LogP contribution in [0.5, 0.6) is 0 Å². The summed E-state index contributed by atoms with van der Waals surface area (Å²) in [6, 6.07) is -0.153. The molecule has 0 aromatic carbocycles. The Kier molecular flexibility index (Phi) is 3.90. The second kappa shape index (κ2) is 5.26. The van der Waals surface area contributed by atoms with Crippen LogP contribution in [0.15, 0.2) is 0 Å². The van der Waals surface area contributed by atoms with Crippen LogP contribution in [0.1, 0.15) is 39.0 Å². The normalized spacial score (nSPS) is 30.3. The number of carbonyl (C=O) groups is 2. The highest BCUT2D eigenvalue weighted by atomic mass is 16.4. The molecule has 0 aromatic rings. The van der Waals surface area contributed by atoms with Crippen LogP contribution in [-0.2, 0) is 9.59 Å². The Hall–Kier alpha value is -1.10. The maximum Gasteiger partial charge on any atom is 0.311 e. The molecule has 1 saturated carbocycles. The molecule has 18 heavy (non-hydrogen) atoms. The molecule has 5 heteroatoms. The summed E-state index contributed by atoms with van der Waals surface area (Å²) in [4.78, 5) is 23.2. The molecule has 0 spiro atoms. The minimum absolute atomic E-state index is 0.0472. The molecule has 5 nitrogen and oxygen atoms in total. The standard InChI is InChI=1S/C13H22N2O3/c1-9-3-6-14-10(7-9)11(16)15-8-13(12(17)18)4-2-5-13/h9-10,14H,2-8H2,1H3,(H,15,16)(H,17,18). The van der Waals surface area contributed by atoms with Crippen molar-refractivity contribution in [3.8, 4) is 0 Å². The molecule has 1 saturated heterocycles. The highest BCUT2D eigenvalue weighted by Gasteiger charge is 2.44. The molecule has 1 heterocycles. The van der Waals surface area contributed by atoms with Gasteiger partial charge in [-0.3, -0.25) is 9.59 Å². The first-order chi connectivity index (χ1) is 8.53. The van der Waals surface area contributed by atoms with E-state index in [9.17, 15) is 14.7 Å². The Morgan fingerprint density at radius 3 is 2.67 bits per heavy atom. The largest absolute Gasteiger partial charge is 0.481 e. The first-order valence-electron chi connectivity index (χ1n) is 6.78. The van der Waals surface area contributed by atoms with Gasteiger partial charge in [0.15, 0.2) is 0 Å². The van der Waals surface area contributed by atoms with Crippen molar-refractivity contribution in [2.75, 3.05) is 13.1 Å². The van der Waals surface area contributed by atoms with E-state index >= 15 is 0 Å². The van der Waals surface area contributed by atoms with Gasteiger partial charge in [0.05, 0.1) is 11.5 Å². The summed E-state index contributed by atoms with van der Waals surface area (Å²) in [7, 11) is 0. The Bertz CT molecular complexity index is 339. The van der Waals surface area contributed by atoms with Crippen LogP contribution in [0.4, 0.5) is 0 Å². The third-order valence-corrected chi connectivity index (χ3v) is 4.35. The van der Waals surface area contributed by atoms with E-state index in [1.54, 1.807) is 0 Å². The summed E-state index contributed by atoms with van der Waals surface area (Å²) < 4.78 is 0. The van der Waals surface area contributed by atoms with Gasteiger partial charge in [0.25, 0.3) is 0 Å².